The van der Waals surface area contributed by atoms with Crippen LogP contribution in [0.25, 0.3) is 0 Å². The minimum absolute atomic E-state index is 0.0538. The first-order chi connectivity index (χ1) is 13.1. The lowest BCUT2D eigenvalue weighted by molar-refractivity contribution is -0.129. The minimum atomic E-state index is -0.371. The van der Waals surface area contributed by atoms with Gasteiger partial charge in [0.15, 0.2) is 5.17 Å². The van der Waals surface area contributed by atoms with E-state index in [1.807, 2.05) is 43.0 Å². The number of aryl methyl sites for hydroxylation is 1. The van der Waals surface area contributed by atoms with Crippen molar-refractivity contribution in [3.05, 3.63) is 29.8 Å². The Morgan fingerprint density at radius 3 is 2.48 bits per heavy atom. The summed E-state index contributed by atoms with van der Waals surface area (Å²) in [5.41, 5.74) is 1.91. The summed E-state index contributed by atoms with van der Waals surface area (Å²) in [5, 5.41) is 3.34. The molecular weight excluding hydrogens is 358 g/mol. The number of rotatable bonds is 5. The third-order valence-corrected chi connectivity index (χ3v) is 6.35. The van der Waals surface area contributed by atoms with E-state index in [0.717, 1.165) is 42.1 Å². The zero-order valence-electron chi connectivity index (χ0n) is 16.2. The van der Waals surface area contributed by atoms with Crippen LogP contribution < -0.4 is 5.32 Å². The summed E-state index contributed by atoms with van der Waals surface area (Å²) >= 11 is 1.46. The molecule has 1 saturated heterocycles. The number of amides is 2. The summed E-state index contributed by atoms with van der Waals surface area (Å²) in [6.45, 7) is 4.65. The average molecular weight is 388 g/mol. The smallest absolute Gasteiger partial charge is 0.242 e. The van der Waals surface area contributed by atoms with Crippen LogP contribution in [-0.2, 0) is 9.59 Å². The Labute approximate surface area is 166 Å². The van der Waals surface area contributed by atoms with Crippen molar-refractivity contribution < 1.29 is 9.59 Å². The minimum Gasteiger partial charge on any atom is -0.326 e. The third-order valence-electron chi connectivity index (χ3n) is 5.16. The molecular formula is C21H29N3O2S. The summed E-state index contributed by atoms with van der Waals surface area (Å²) in [4.78, 5) is 32.0. The van der Waals surface area contributed by atoms with Gasteiger partial charge in [-0.05, 0) is 38.8 Å². The van der Waals surface area contributed by atoms with Crippen molar-refractivity contribution in [3.63, 3.8) is 0 Å². The Bertz CT molecular complexity index is 694. The first-order valence-electron chi connectivity index (χ1n) is 9.99. The van der Waals surface area contributed by atoms with Gasteiger partial charge in [0.25, 0.3) is 0 Å². The van der Waals surface area contributed by atoms with E-state index in [0.29, 0.717) is 6.54 Å². The van der Waals surface area contributed by atoms with Gasteiger partial charge in [0.05, 0.1) is 0 Å². The number of amidine groups is 1. The first kappa shape index (κ1) is 19.9. The van der Waals surface area contributed by atoms with E-state index in [1.54, 1.807) is 0 Å². The van der Waals surface area contributed by atoms with E-state index >= 15 is 0 Å². The van der Waals surface area contributed by atoms with Crippen LogP contribution in [-0.4, -0.2) is 39.7 Å². The number of anilines is 1. The average Bonchev–Trinajstić information content (AvgIpc) is 2.82. The Balaban J connectivity index is 1.66. The zero-order valence-corrected chi connectivity index (χ0v) is 17.1. The predicted octanol–water partition coefficient (Wildman–Crippen LogP) is 4.37. The van der Waals surface area contributed by atoms with Crippen LogP contribution in [0, 0.1) is 6.92 Å². The Kier molecular flexibility index (Phi) is 6.94. The maximum absolute atomic E-state index is 13.1. The van der Waals surface area contributed by atoms with E-state index in [-0.39, 0.29) is 29.5 Å². The summed E-state index contributed by atoms with van der Waals surface area (Å²) in [7, 11) is 0. The summed E-state index contributed by atoms with van der Waals surface area (Å²) in [6.07, 6.45) is 7.08. The van der Waals surface area contributed by atoms with E-state index in [4.69, 9.17) is 0 Å². The highest BCUT2D eigenvalue weighted by molar-refractivity contribution is 8.15. The highest BCUT2D eigenvalue weighted by Crippen LogP contribution is 2.35. The van der Waals surface area contributed by atoms with Crippen LogP contribution in [0.2, 0.25) is 0 Å². The monoisotopic (exact) mass is 387 g/mol. The predicted molar refractivity (Wildman–Crippen MR) is 112 cm³/mol. The molecule has 3 rings (SSSR count). The normalized spacial score (nSPS) is 22.9. The number of hydrogen-bond donors (Lipinski definition) is 1. The Morgan fingerprint density at radius 1 is 1.19 bits per heavy atom. The Morgan fingerprint density at radius 2 is 1.85 bits per heavy atom. The van der Waals surface area contributed by atoms with Gasteiger partial charge < -0.3 is 5.32 Å². The molecule has 2 aliphatic rings. The van der Waals surface area contributed by atoms with Crippen molar-refractivity contribution in [1.82, 2.24) is 4.90 Å². The molecule has 1 atom stereocenters. The van der Waals surface area contributed by atoms with Crippen LogP contribution in [0.3, 0.4) is 0 Å². The number of carbonyl (C=O) groups excluding carboxylic acids is 2. The molecule has 1 aliphatic heterocycles. The molecule has 146 valence electrons. The van der Waals surface area contributed by atoms with Gasteiger partial charge in [0.2, 0.25) is 11.8 Å². The topological polar surface area (TPSA) is 61.8 Å². The van der Waals surface area contributed by atoms with E-state index < -0.39 is 0 Å². The van der Waals surface area contributed by atoms with Crippen molar-refractivity contribution in [2.45, 2.75) is 70.1 Å². The van der Waals surface area contributed by atoms with Crippen LogP contribution in [0.4, 0.5) is 5.69 Å². The van der Waals surface area contributed by atoms with E-state index in [9.17, 15) is 9.59 Å². The number of carbonyl (C=O) groups is 2. The lowest BCUT2D eigenvalue weighted by Crippen LogP contribution is -2.41. The highest BCUT2D eigenvalue weighted by atomic mass is 32.2. The molecule has 0 radical (unpaired) electrons. The van der Waals surface area contributed by atoms with Crippen molar-refractivity contribution in [3.8, 4) is 0 Å². The molecule has 2 fully saturated rings. The molecule has 6 heteroatoms. The molecule has 1 N–H and O–H groups in total. The van der Waals surface area contributed by atoms with Gasteiger partial charge in [-0.15, -0.1) is 0 Å². The standard InChI is InChI=1S/C21H29N3O2S/c1-3-22-21-24(17-8-6-4-5-7-9-17)20(26)18(27-21)14-19(25)23-16-12-10-15(2)11-13-16/h10-13,17-18H,3-9,14H2,1-2H3,(H,23,25)/t18-/m0/s1. The third kappa shape index (κ3) is 5.12. The molecule has 1 aromatic rings. The fraction of sp³-hybridized carbons (Fsp3) is 0.571. The fourth-order valence-electron chi connectivity index (χ4n) is 3.73. The molecule has 0 unspecified atom stereocenters. The molecule has 27 heavy (non-hydrogen) atoms. The lowest BCUT2D eigenvalue weighted by Gasteiger charge is -2.26. The number of nitrogens with zero attached hydrogens (tertiary/aromatic N) is 2. The largest absolute Gasteiger partial charge is 0.326 e. The maximum Gasteiger partial charge on any atom is 0.242 e. The summed E-state index contributed by atoms with van der Waals surface area (Å²) in [6, 6.07) is 7.94. The number of aliphatic imine (C=N–C) groups is 1. The molecule has 1 aliphatic carbocycles. The summed E-state index contributed by atoms with van der Waals surface area (Å²) < 4.78 is 0. The highest BCUT2D eigenvalue weighted by Gasteiger charge is 2.42. The van der Waals surface area contributed by atoms with Crippen molar-refractivity contribution in [2.75, 3.05) is 11.9 Å². The second-order valence-corrected chi connectivity index (χ2v) is 8.51. The van der Waals surface area contributed by atoms with Gasteiger partial charge in [0, 0.05) is 24.7 Å². The first-order valence-corrected chi connectivity index (χ1v) is 10.9. The number of thioether (sulfide) groups is 1. The van der Waals surface area contributed by atoms with Gasteiger partial charge in [-0.25, -0.2) is 0 Å². The number of benzene rings is 1. The van der Waals surface area contributed by atoms with Crippen LogP contribution in [0.15, 0.2) is 29.3 Å². The quantitative estimate of drug-likeness (QED) is 0.763. The zero-order chi connectivity index (χ0) is 19.2. The van der Waals surface area contributed by atoms with Crippen LogP contribution in [0.5, 0.6) is 0 Å². The van der Waals surface area contributed by atoms with Gasteiger partial charge in [-0.2, -0.15) is 0 Å². The molecule has 2 amide bonds. The maximum atomic E-state index is 13.1. The van der Waals surface area contributed by atoms with Gasteiger partial charge >= 0.3 is 0 Å². The molecule has 5 nitrogen and oxygen atoms in total. The SMILES string of the molecule is CCN=C1S[C@@H](CC(=O)Nc2ccc(C)cc2)C(=O)N1C1CCCCCC1. The molecule has 1 saturated carbocycles. The van der Waals surface area contributed by atoms with Crippen LogP contribution >= 0.6 is 11.8 Å². The number of hydrogen-bond acceptors (Lipinski definition) is 4. The molecule has 1 heterocycles. The van der Waals surface area contributed by atoms with Gasteiger partial charge in [-0.3, -0.25) is 19.5 Å². The summed E-state index contributed by atoms with van der Waals surface area (Å²) in [5.74, 6) is -0.0681. The van der Waals surface area contributed by atoms with E-state index in [1.165, 1.54) is 24.6 Å². The second kappa shape index (κ2) is 9.40. The number of nitrogens with one attached hydrogen (secondary N) is 1. The molecule has 0 aromatic heterocycles. The van der Waals surface area contributed by atoms with Gasteiger partial charge in [0.1, 0.15) is 5.25 Å². The van der Waals surface area contributed by atoms with Crippen molar-refractivity contribution in [2.24, 2.45) is 4.99 Å². The Hall–Kier alpha value is -1.82. The molecule has 0 bridgehead atoms. The second-order valence-electron chi connectivity index (χ2n) is 7.34. The van der Waals surface area contributed by atoms with Crippen molar-refractivity contribution >= 4 is 34.4 Å². The molecule has 1 aromatic carbocycles. The van der Waals surface area contributed by atoms with Crippen LogP contribution in [0.1, 0.15) is 57.4 Å². The van der Waals surface area contributed by atoms with Crippen molar-refractivity contribution in [1.29, 1.82) is 0 Å². The van der Waals surface area contributed by atoms with E-state index in [2.05, 4.69) is 10.3 Å². The van der Waals surface area contributed by atoms with Gasteiger partial charge in [-0.1, -0.05) is 55.1 Å². The fourth-order valence-corrected chi connectivity index (χ4v) is 4.99. The molecule has 0 spiro atoms. The lowest BCUT2D eigenvalue weighted by atomic mass is 10.1.